The molecule has 3 nitrogen and oxygen atoms in total. The first-order chi connectivity index (χ1) is 11.2. The Hall–Kier alpha value is -1.58. The molecule has 0 bridgehead atoms. The topological polar surface area (TPSA) is 41.5 Å². The van der Waals surface area contributed by atoms with E-state index in [-0.39, 0.29) is 12.1 Å². The van der Waals surface area contributed by atoms with Gasteiger partial charge in [-0.05, 0) is 55.7 Å². The highest BCUT2D eigenvalue weighted by atomic mass is 16.5. The third-order valence-corrected chi connectivity index (χ3v) is 5.07. The van der Waals surface area contributed by atoms with Crippen molar-refractivity contribution in [3.05, 3.63) is 42.0 Å². The Morgan fingerprint density at radius 2 is 1.96 bits per heavy atom. The van der Waals surface area contributed by atoms with Crippen molar-refractivity contribution in [1.29, 1.82) is 0 Å². The molecular weight excluding hydrogens is 286 g/mol. The number of benzene rings is 2. The van der Waals surface area contributed by atoms with Gasteiger partial charge in [-0.15, -0.1) is 0 Å². The van der Waals surface area contributed by atoms with Crippen molar-refractivity contribution >= 4 is 10.8 Å². The first-order valence-corrected chi connectivity index (χ1v) is 8.66. The van der Waals surface area contributed by atoms with Crippen LogP contribution in [-0.4, -0.2) is 24.9 Å². The van der Waals surface area contributed by atoms with Gasteiger partial charge in [-0.3, -0.25) is 0 Å². The van der Waals surface area contributed by atoms with Crippen LogP contribution in [0, 0.1) is 5.92 Å². The van der Waals surface area contributed by atoms with E-state index in [0.29, 0.717) is 5.92 Å². The van der Waals surface area contributed by atoms with Gasteiger partial charge in [0.25, 0.3) is 0 Å². The van der Waals surface area contributed by atoms with Crippen LogP contribution >= 0.6 is 0 Å². The lowest BCUT2D eigenvalue weighted by Gasteiger charge is -2.27. The van der Waals surface area contributed by atoms with Crippen LogP contribution in [0.25, 0.3) is 10.8 Å². The zero-order valence-corrected chi connectivity index (χ0v) is 14.1. The molecule has 1 saturated carbocycles. The van der Waals surface area contributed by atoms with Gasteiger partial charge in [-0.25, -0.2) is 0 Å². The van der Waals surface area contributed by atoms with Gasteiger partial charge in [-0.1, -0.05) is 36.8 Å². The number of hydrogen-bond donors (Lipinski definition) is 2. The molecule has 0 aliphatic heterocycles. The molecule has 0 heterocycles. The second kappa shape index (κ2) is 7.33. The summed E-state index contributed by atoms with van der Waals surface area (Å²) in [5.74, 6) is 1.51. The quantitative estimate of drug-likeness (QED) is 0.875. The van der Waals surface area contributed by atoms with Gasteiger partial charge in [0.1, 0.15) is 5.75 Å². The lowest BCUT2D eigenvalue weighted by Crippen LogP contribution is -2.30. The van der Waals surface area contributed by atoms with Gasteiger partial charge in [-0.2, -0.15) is 0 Å². The molecule has 2 aromatic rings. The Bertz CT molecular complexity index is 655. The number of methoxy groups -OCH3 is 1. The van der Waals surface area contributed by atoms with Crippen LogP contribution in [0.15, 0.2) is 36.4 Å². The summed E-state index contributed by atoms with van der Waals surface area (Å²) < 4.78 is 5.48. The van der Waals surface area contributed by atoms with E-state index < -0.39 is 0 Å². The van der Waals surface area contributed by atoms with E-state index in [4.69, 9.17) is 4.74 Å². The van der Waals surface area contributed by atoms with Crippen LogP contribution in [0.5, 0.6) is 5.75 Å². The Labute approximate surface area is 138 Å². The van der Waals surface area contributed by atoms with Crippen LogP contribution in [0.3, 0.4) is 0 Å². The van der Waals surface area contributed by atoms with Crippen molar-refractivity contribution in [2.45, 2.75) is 44.8 Å². The normalized spacial score (nSPS) is 22.9. The van der Waals surface area contributed by atoms with Crippen molar-refractivity contribution in [1.82, 2.24) is 5.32 Å². The minimum Gasteiger partial charge on any atom is -0.496 e. The Balaban J connectivity index is 1.74. The fourth-order valence-electron chi connectivity index (χ4n) is 3.75. The van der Waals surface area contributed by atoms with Gasteiger partial charge < -0.3 is 15.2 Å². The molecule has 124 valence electrons. The molecule has 0 aromatic heterocycles. The molecular formula is C20H27NO2. The Morgan fingerprint density at radius 1 is 1.17 bits per heavy atom. The number of aliphatic hydroxyl groups is 1. The second-order valence-electron chi connectivity index (χ2n) is 6.72. The fraction of sp³-hybridized carbons (Fsp3) is 0.500. The average Bonchev–Trinajstić information content (AvgIpc) is 2.58. The summed E-state index contributed by atoms with van der Waals surface area (Å²) in [6.07, 6.45) is 4.17. The Kier molecular flexibility index (Phi) is 5.19. The summed E-state index contributed by atoms with van der Waals surface area (Å²) in [5, 5.41) is 15.9. The van der Waals surface area contributed by atoms with E-state index in [1.165, 1.54) is 17.4 Å². The standard InChI is InChI=1S/C20H27NO2/c1-14(21-13-15-6-5-7-16(22)12-15)17-10-11-20(23-2)19-9-4-3-8-18(17)19/h3-4,8-11,14-16,21-22H,5-7,12-13H2,1-2H3. The summed E-state index contributed by atoms with van der Waals surface area (Å²) >= 11 is 0. The second-order valence-corrected chi connectivity index (χ2v) is 6.72. The summed E-state index contributed by atoms with van der Waals surface area (Å²) in [7, 11) is 1.72. The molecule has 1 fully saturated rings. The first kappa shape index (κ1) is 16.3. The number of ether oxygens (including phenoxy) is 1. The summed E-state index contributed by atoms with van der Waals surface area (Å²) in [6, 6.07) is 12.9. The van der Waals surface area contributed by atoms with Crippen molar-refractivity contribution in [2.24, 2.45) is 5.92 Å². The van der Waals surface area contributed by atoms with Gasteiger partial charge in [0.2, 0.25) is 0 Å². The fourth-order valence-corrected chi connectivity index (χ4v) is 3.75. The summed E-state index contributed by atoms with van der Waals surface area (Å²) in [6.45, 7) is 3.19. The average molecular weight is 313 g/mol. The lowest BCUT2D eigenvalue weighted by atomic mass is 9.87. The molecule has 3 heteroatoms. The van der Waals surface area contributed by atoms with Crippen molar-refractivity contribution in [3.8, 4) is 5.75 Å². The van der Waals surface area contributed by atoms with Crippen LogP contribution in [0.1, 0.15) is 44.2 Å². The molecule has 1 aliphatic rings. The summed E-state index contributed by atoms with van der Waals surface area (Å²) in [4.78, 5) is 0. The zero-order chi connectivity index (χ0) is 16.2. The van der Waals surface area contributed by atoms with Crippen LogP contribution in [0.2, 0.25) is 0 Å². The molecule has 2 N–H and O–H groups in total. The highest BCUT2D eigenvalue weighted by Crippen LogP contribution is 2.32. The first-order valence-electron chi connectivity index (χ1n) is 8.66. The van der Waals surface area contributed by atoms with Crippen molar-refractivity contribution in [3.63, 3.8) is 0 Å². The molecule has 2 aromatic carbocycles. The highest BCUT2D eigenvalue weighted by Gasteiger charge is 2.21. The lowest BCUT2D eigenvalue weighted by molar-refractivity contribution is 0.0998. The number of aliphatic hydroxyl groups excluding tert-OH is 1. The molecule has 23 heavy (non-hydrogen) atoms. The van der Waals surface area contributed by atoms with E-state index in [9.17, 15) is 5.11 Å². The van der Waals surface area contributed by atoms with Crippen LogP contribution in [0.4, 0.5) is 0 Å². The van der Waals surface area contributed by atoms with E-state index in [0.717, 1.165) is 36.9 Å². The third kappa shape index (κ3) is 3.67. The Morgan fingerprint density at radius 3 is 2.70 bits per heavy atom. The molecule has 3 rings (SSSR count). The number of hydrogen-bond acceptors (Lipinski definition) is 3. The third-order valence-electron chi connectivity index (χ3n) is 5.07. The van der Waals surface area contributed by atoms with E-state index in [1.54, 1.807) is 7.11 Å². The minimum atomic E-state index is -0.104. The predicted octanol–water partition coefficient (Wildman–Crippen LogP) is 4.05. The number of rotatable bonds is 5. The highest BCUT2D eigenvalue weighted by molar-refractivity contribution is 5.91. The molecule has 3 unspecified atom stereocenters. The smallest absolute Gasteiger partial charge is 0.126 e. The molecule has 0 saturated heterocycles. The SMILES string of the molecule is COc1ccc(C(C)NCC2CCCC(O)C2)c2ccccc12. The van der Waals surface area contributed by atoms with Crippen LogP contribution in [-0.2, 0) is 0 Å². The van der Waals surface area contributed by atoms with Crippen molar-refractivity contribution < 1.29 is 9.84 Å². The summed E-state index contributed by atoms with van der Waals surface area (Å²) in [5.41, 5.74) is 1.30. The molecule has 3 atom stereocenters. The van der Waals surface area contributed by atoms with Crippen LogP contribution < -0.4 is 10.1 Å². The van der Waals surface area contributed by atoms with Gasteiger partial charge in [0, 0.05) is 11.4 Å². The van der Waals surface area contributed by atoms with E-state index >= 15 is 0 Å². The van der Waals surface area contributed by atoms with Gasteiger partial charge in [0.05, 0.1) is 13.2 Å². The zero-order valence-electron chi connectivity index (χ0n) is 14.1. The maximum absolute atomic E-state index is 9.82. The molecule has 0 amide bonds. The maximum atomic E-state index is 9.82. The molecule has 0 spiro atoms. The monoisotopic (exact) mass is 313 g/mol. The van der Waals surface area contributed by atoms with E-state index in [1.807, 2.05) is 0 Å². The maximum Gasteiger partial charge on any atom is 0.126 e. The van der Waals surface area contributed by atoms with Crippen molar-refractivity contribution in [2.75, 3.05) is 13.7 Å². The number of nitrogens with one attached hydrogen (secondary N) is 1. The molecule has 1 aliphatic carbocycles. The predicted molar refractivity (Wildman–Crippen MR) is 94.9 cm³/mol. The van der Waals surface area contributed by atoms with E-state index in [2.05, 4.69) is 48.6 Å². The minimum absolute atomic E-state index is 0.104. The molecule has 0 radical (unpaired) electrons. The van der Waals surface area contributed by atoms with Gasteiger partial charge in [0.15, 0.2) is 0 Å². The largest absolute Gasteiger partial charge is 0.496 e. The number of fused-ring (bicyclic) bond motifs is 1. The van der Waals surface area contributed by atoms with Gasteiger partial charge >= 0.3 is 0 Å².